The number of carbonyl (C=O) groups excluding carboxylic acids is 1. The van der Waals surface area contributed by atoms with Gasteiger partial charge in [0.2, 0.25) is 5.91 Å². The lowest BCUT2D eigenvalue weighted by atomic mass is 10.1. The molecule has 4 nitrogen and oxygen atoms in total. The van der Waals surface area contributed by atoms with Crippen molar-refractivity contribution in [2.24, 2.45) is 5.92 Å². The second-order valence-corrected chi connectivity index (χ2v) is 4.86. The number of nitrogens with zero attached hydrogens (tertiary/aromatic N) is 2. The van der Waals surface area contributed by atoms with Crippen LogP contribution in [0.1, 0.15) is 6.42 Å². The molecule has 104 valence electrons. The van der Waals surface area contributed by atoms with Crippen molar-refractivity contribution in [1.82, 2.24) is 4.98 Å². The first kappa shape index (κ1) is 13.2. The smallest absolute Gasteiger partial charge is 0.228 e. The molecule has 4 heteroatoms. The molecule has 1 aliphatic rings. The summed E-state index contributed by atoms with van der Waals surface area (Å²) in [5.74, 6) is 4.09. The van der Waals surface area contributed by atoms with Crippen LogP contribution in [0.25, 0.3) is 0 Å². The number of carbonyl (C=O) groups is 1. The number of amides is 1. The van der Waals surface area contributed by atoms with E-state index in [1.807, 2.05) is 36.4 Å². The molecule has 1 saturated heterocycles. The summed E-state index contributed by atoms with van der Waals surface area (Å²) >= 11 is 0. The Hall–Kier alpha value is -2.80. The lowest BCUT2D eigenvalue weighted by Gasteiger charge is -2.16. The highest BCUT2D eigenvalue weighted by molar-refractivity contribution is 5.96. The second-order valence-electron chi connectivity index (χ2n) is 4.86. The fourth-order valence-corrected chi connectivity index (χ4v) is 2.31. The van der Waals surface area contributed by atoms with Crippen LogP contribution in [0.15, 0.2) is 48.8 Å². The third kappa shape index (κ3) is 2.87. The zero-order valence-electron chi connectivity index (χ0n) is 11.4. The Morgan fingerprint density at radius 2 is 2.05 bits per heavy atom. The molecule has 2 aromatic rings. The lowest BCUT2D eigenvalue weighted by Crippen LogP contribution is -2.24. The number of hydrogen-bond donors (Lipinski definition) is 0. The third-order valence-corrected chi connectivity index (χ3v) is 3.38. The molecule has 0 spiro atoms. The van der Waals surface area contributed by atoms with Gasteiger partial charge < -0.3 is 9.64 Å². The van der Waals surface area contributed by atoms with Crippen LogP contribution < -0.4 is 9.64 Å². The van der Waals surface area contributed by atoms with Crippen molar-refractivity contribution in [3.8, 4) is 23.8 Å². The van der Waals surface area contributed by atoms with Gasteiger partial charge in [0.1, 0.15) is 11.5 Å². The van der Waals surface area contributed by atoms with Crippen molar-refractivity contribution in [1.29, 1.82) is 0 Å². The van der Waals surface area contributed by atoms with E-state index < -0.39 is 0 Å². The number of aromatic nitrogens is 1. The van der Waals surface area contributed by atoms with Crippen molar-refractivity contribution in [2.75, 3.05) is 11.4 Å². The molecule has 0 bridgehead atoms. The van der Waals surface area contributed by atoms with Gasteiger partial charge in [-0.05, 0) is 36.4 Å². The van der Waals surface area contributed by atoms with Gasteiger partial charge in [-0.15, -0.1) is 12.3 Å². The van der Waals surface area contributed by atoms with E-state index in [-0.39, 0.29) is 11.8 Å². The minimum Gasteiger partial charge on any atom is -0.456 e. The largest absolute Gasteiger partial charge is 0.456 e. The monoisotopic (exact) mass is 278 g/mol. The summed E-state index contributed by atoms with van der Waals surface area (Å²) in [6, 6.07) is 11.0. The predicted octanol–water partition coefficient (Wildman–Crippen LogP) is 2.86. The topological polar surface area (TPSA) is 42.4 Å². The highest BCUT2D eigenvalue weighted by atomic mass is 16.5. The molecule has 0 aliphatic carbocycles. The van der Waals surface area contributed by atoms with Gasteiger partial charge in [0.05, 0.1) is 6.20 Å². The molecule has 0 N–H and O–H groups in total. The van der Waals surface area contributed by atoms with Crippen molar-refractivity contribution < 1.29 is 9.53 Å². The number of pyridine rings is 1. The molecule has 1 unspecified atom stereocenters. The summed E-state index contributed by atoms with van der Waals surface area (Å²) < 4.78 is 5.67. The second kappa shape index (κ2) is 5.68. The van der Waals surface area contributed by atoms with Gasteiger partial charge in [0.15, 0.2) is 0 Å². The minimum absolute atomic E-state index is 0.00354. The standard InChI is InChI=1S/C17H14N2O2/c1-2-13-10-17(20)19(12-13)14-5-7-15(8-6-14)21-16-4-3-9-18-11-16/h1,3-9,11,13H,10,12H2. The molecule has 3 rings (SSSR count). The van der Waals surface area contributed by atoms with Crippen molar-refractivity contribution in [3.05, 3.63) is 48.8 Å². The highest BCUT2D eigenvalue weighted by Crippen LogP contribution is 2.28. The fraction of sp³-hybridized carbons (Fsp3) is 0.176. The Kier molecular flexibility index (Phi) is 3.57. The molecule has 1 amide bonds. The summed E-state index contributed by atoms with van der Waals surface area (Å²) in [4.78, 5) is 17.6. The van der Waals surface area contributed by atoms with Crippen molar-refractivity contribution in [3.63, 3.8) is 0 Å². The van der Waals surface area contributed by atoms with E-state index in [9.17, 15) is 4.79 Å². The van der Waals surface area contributed by atoms with Crippen LogP contribution in [0.2, 0.25) is 0 Å². The Morgan fingerprint density at radius 1 is 1.24 bits per heavy atom. The van der Waals surface area contributed by atoms with E-state index in [1.165, 1.54) is 0 Å². The maximum absolute atomic E-state index is 11.9. The number of benzene rings is 1. The van der Waals surface area contributed by atoms with Crippen LogP contribution in [0, 0.1) is 18.3 Å². The molecule has 2 heterocycles. The molecule has 0 saturated carbocycles. The summed E-state index contributed by atoms with van der Waals surface area (Å²) in [6.07, 6.45) is 9.15. The predicted molar refractivity (Wildman–Crippen MR) is 80.0 cm³/mol. The number of rotatable bonds is 3. The average molecular weight is 278 g/mol. The van der Waals surface area contributed by atoms with Crippen LogP contribution in [0.5, 0.6) is 11.5 Å². The maximum atomic E-state index is 11.9. The Labute approximate surface area is 123 Å². The van der Waals surface area contributed by atoms with Crippen molar-refractivity contribution in [2.45, 2.75) is 6.42 Å². The van der Waals surface area contributed by atoms with Gasteiger partial charge in [-0.3, -0.25) is 9.78 Å². The summed E-state index contributed by atoms with van der Waals surface area (Å²) in [5.41, 5.74) is 0.844. The van der Waals surface area contributed by atoms with Gasteiger partial charge in [-0.1, -0.05) is 0 Å². The van der Waals surface area contributed by atoms with Gasteiger partial charge in [0.25, 0.3) is 0 Å². The van der Waals surface area contributed by atoms with E-state index in [0.717, 1.165) is 5.69 Å². The summed E-state index contributed by atoms with van der Waals surface area (Å²) in [6.45, 7) is 0.581. The van der Waals surface area contributed by atoms with Crippen LogP contribution >= 0.6 is 0 Å². The molecule has 1 atom stereocenters. The van der Waals surface area contributed by atoms with Crippen LogP contribution in [0.4, 0.5) is 5.69 Å². The van der Waals surface area contributed by atoms with E-state index >= 15 is 0 Å². The molecule has 1 aromatic carbocycles. The fourth-order valence-electron chi connectivity index (χ4n) is 2.31. The Balaban J connectivity index is 1.73. The SMILES string of the molecule is C#CC1CC(=O)N(c2ccc(Oc3cccnc3)cc2)C1. The molecular formula is C17H14N2O2. The van der Waals surface area contributed by atoms with Crippen LogP contribution in [-0.2, 0) is 4.79 Å². The van der Waals surface area contributed by atoms with E-state index in [4.69, 9.17) is 11.2 Å². The molecule has 1 aliphatic heterocycles. The van der Waals surface area contributed by atoms with Gasteiger partial charge in [0, 0.05) is 30.8 Å². The average Bonchev–Trinajstić information content (AvgIpc) is 2.90. The van der Waals surface area contributed by atoms with Gasteiger partial charge in [-0.25, -0.2) is 0 Å². The van der Waals surface area contributed by atoms with Gasteiger partial charge >= 0.3 is 0 Å². The Bertz CT molecular complexity index is 674. The Morgan fingerprint density at radius 3 is 2.67 bits per heavy atom. The van der Waals surface area contributed by atoms with Crippen molar-refractivity contribution >= 4 is 11.6 Å². The third-order valence-electron chi connectivity index (χ3n) is 3.38. The van der Waals surface area contributed by atoms with E-state index in [1.54, 1.807) is 17.3 Å². The van der Waals surface area contributed by atoms with Crippen LogP contribution in [-0.4, -0.2) is 17.4 Å². The molecule has 0 radical (unpaired) electrons. The minimum atomic E-state index is 0.00354. The lowest BCUT2D eigenvalue weighted by molar-refractivity contribution is -0.117. The zero-order chi connectivity index (χ0) is 14.7. The molecule has 21 heavy (non-hydrogen) atoms. The van der Waals surface area contributed by atoms with E-state index in [2.05, 4.69) is 10.9 Å². The number of anilines is 1. The first-order chi connectivity index (χ1) is 10.3. The summed E-state index contributed by atoms with van der Waals surface area (Å²) in [7, 11) is 0. The van der Waals surface area contributed by atoms with Gasteiger partial charge in [-0.2, -0.15) is 0 Å². The number of ether oxygens (including phenoxy) is 1. The zero-order valence-corrected chi connectivity index (χ0v) is 11.4. The maximum Gasteiger partial charge on any atom is 0.228 e. The van der Waals surface area contributed by atoms with E-state index in [0.29, 0.717) is 24.5 Å². The molecule has 1 aromatic heterocycles. The molecule has 1 fully saturated rings. The number of hydrogen-bond acceptors (Lipinski definition) is 3. The first-order valence-electron chi connectivity index (χ1n) is 6.70. The summed E-state index contributed by atoms with van der Waals surface area (Å²) in [5, 5.41) is 0. The highest BCUT2D eigenvalue weighted by Gasteiger charge is 2.29. The normalized spacial score (nSPS) is 17.6. The van der Waals surface area contributed by atoms with Crippen LogP contribution in [0.3, 0.4) is 0 Å². The first-order valence-corrected chi connectivity index (χ1v) is 6.70. The quantitative estimate of drug-likeness (QED) is 0.811. The number of terminal acetylenes is 1. The molecular weight excluding hydrogens is 264 g/mol.